The smallest absolute Gasteiger partial charge is 0.212 e. The molecule has 1 heterocycles. The molecule has 0 bridgehead atoms. The molecule has 0 atom stereocenters. The first-order valence-corrected chi connectivity index (χ1v) is 7.58. The third kappa shape index (κ3) is 3.70. The molecule has 0 aromatic carbocycles. The van der Waals surface area contributed by atoms with Crippen molar-refractivity contribution in [1.82, 2.24) is 5.06 Å². The van der Waals surface area contributed by atoms with E-state index in [0.29, 0.717) is 0 Å². The van der Waals surface area contributed by atoms with Gasteiger partial charge in [-0.15, -0.1) is 0 Å². The quantitative estimate of drug-likeness (QED) is 0.465. The van der Waals surface area contributed by atoms with Gasteiger partial charge in [-0.3, -0.25) is 0 Å². The largest absolute Gasteiger partial charge is 0.343 e. The molecule has 0 fully saturated rings. The Kier molecular flexibility index (Phi) is 2.87. The molecule has 0 amide bonds. The minimum atomic E-state index is -1.35. The van der Waals surface area contributed by atoms with Crippen molar-refractivity contribution in [1.29, 1.82) is 0 Å². The van der Waals surface area contributed by atoms with Crippen LogP contribution in [-0.4, -0.2) is 26.5 Å². The van der Waals surface area contributed by atoms with Crippen molar-refractivity contribution in [2.24, 2.45) is 0 Å². The van der Waals surface area contributed by atoms with Crippen LogP contribution in [0.3, 0.4) is 0 Å². The predicted octanol–water partition coefficient (Wildman–Crippen LogP) is 2.01. The van der Waals surface area contributed by atoms with Crippen molar-refractivity contribution in [3.05, 3.63) is 12.2 Å². The van der Waals surface area contributed by atoms with E-state index in [9.17, 15) is 0 Å². The SMILES string of the molecule is C[Si](C)(C)ON1CC=CCC1. The van der Waals surface area contributed by atoms with Gasteiger partial charge in [-0.1, -0.05) is 12.2 Å². The van der Waals surface area contributed by atoms with Crippen LogP contribution in [0.5, 0.6) is 0 Å². The molecule has 1 aliphatic heterocycles. The van der Waals surface area contributed by atoms with Crippen molar-refractivity contribution in [2.45, 2.75) is 26.1 Å². The highest BCUT2D eigenvalue weighted by Crippen LogP contribution is 2.09. The Balaban J connectivity index is 2.32. The summed E-state index contributed by atoms with van der Waals surface area (Å²) in [5.74, 6) is 0. The van der Waals surface area contributed by atoms with Crippen LogP contribution < -0.4 is 0 Å². The summed E-state index contributed by atoms with van der Waals surface area (Å²) in [6.45, 7) is 8.66. The van der Waals surface area contributed by atoms with E-state index in [1.807, 2.05) is 0 Å². The second-order valence-corrected chi connectivity index (χ2v) is 8.26. The molecule has 0 saturated carbocycles. The summed E-state index contributed by atoms with van der Waals surface area (Å²) in [6.07, 6.45) is 5.51. The minimum Gasteiger partial charge on any atom is -0.343 e. The van der Waals surface area contributed by atoms with Gasteiger partial charge in [0.15, 0.2) is 0 Å². The van der Waals surface area contributed by atoms with Crippen LogP contribution in [0.4, 0.5) is 0 Å². The van der Waals surface area contributed by atoms with Crippen molar-refractivity contribution >= 4 is 8.32 Å². The molecular weight excluding hydrogens is 154 g/mol. The van der Waals surface area contributed by atoms with Gasteiger partial charge >= 0.3 is 0 Å². The van der Waals surface area contributed by atoms with Crippen molar-refractivity contribution in [3.63, 3.8) is 0 Å². The summed E-state index contributed by atoms with van der Waals surface area (Å²) < 4.78 is 5.80. The highest BCUT2D eigenvalue weighted by molar-refractivity contribution is 6.69. The lowest BCUT2D eigenvalue weighted by atomic mass is 10.3. The summed E-state index contributed by atoms with van der Waals surface area (Å²) >= 11 is 0. The van der Waals surface area contributed by atoms with E-state index in [-0.39, 0.29) is 0 Å². The molecule has 0 aromatic rings. The molecule has 0 N–H and O–H groups in total. The van der Waals surface area contributed by atoms with Gasteiger partial charge in [0.1, 0.15) is 0 Å². The molecule has 1 aliphatic rings. The Hall–Kier alpha value is -0.123. The molecular formula is C8H17NOSi. The third-order valence-corrected chi connectivity index (χ3v) is 2.23. The van der Waals surface area contributed by atoms with Gasteiger partial charge in [0.25, 0.3) is 0 Å². The van der Waals surface area contributed by atoms with Gasteiger partial charge in [-0.05, 0) is 26.1 Å². The molecule has 0 saturated heterocycles. The molecule has 1 rings (SSSR count). The maximum Gasteiger partial charge on any atom is 0.212 e. The summed E-state index contributed by atoms with van der Waals surface area (Å²) in [7, 11) is -1.35. The Labute approximate surface area is 69.9 Å². The van der Waals surface area contributed by atoms with Gasteiger partial charge in [-0.2, -0.15) is 5.06 Å². The zero-order chi connectivity index (χ0) is 8.32. The van der Waals surface area contributed by atoms with Gasteiger partial charge in [0.05, 0.1) is 0 Å². The molecule has 2 nitrogen and oxygen atoms in total. The maximum absolute atomic E-state index is 5.80. The predicted molar refractivity (Wildman–Crippen MR) is 49.8 cm³/mol. The maximum atomic E-state index is 5.80. The minimum absolute atomic E-state index is 0.963. The Morgan fingerprint density at radius 3 is 2.45 bits per heavy atom. The molecule has 64 valence electrons. The average Bonchev–Trinajstić information content (AvgIpc) is 1.85. The van der Waals surface area contributed by atoms with Crippen LogP contribution in [0.15, 0.2) is 12.2 Å². The number of hydrogen-bond acceptors (Lipinski definition) is 2. The lowest BCUT2D eigenvalue weighted by Gasteiger charge is -2.29. The van der Waals surface area contributed by atoms with Crippen molar-refractivity contribution in [2.75, 3.05) is 13.1 Å². The fourth-order valence-electron chi connectivity index (χ4n) is 1.09. The number of hydrogen-bond donors (Lipinski definition) is 0. The first kappa shape index (κ1) is 8.97. The normalized spacial score (nSPS) is 20.6. The lowest BCUT2D eigenvalue weighted by Crippen LogP contribution is -2.39. The molecule has 3 heteroatoms. The van der Waals surface area contributed by atoms with Crippen LogP contribution >= 0.6 is 0 Å². The van der Waals surface area contributed by atoms with E-state index in [1.54, 1.807) is 0 Å². The van der Waals surface area contributed by atoms with E-state index >= 15 is 0 Å². The molecule has 0 unspecified atom stereocenters. The summed E-state index contributed by atoms with van der Waals surface area (Å²) in [4.78, 5) is 0. The van der Waals surface area contributed by atoms with E-state index in [1.165, 1.54) is 0 Å². The monoisotopic (exact) mass is 171 g/mol. The van der Waals surface area contributed by atoms with Gasteiger partial charge in [-0.25, -0.2) is 0 Å². The average molecular weight is 171 g/mol. The molecule has 0 radical (unpaired) electrons. The van der Waals surface area contributed by atoms with Crippen LogP contribution in [-0.2, 0) is 4.53 Å². The molecule has 0 aromatic heterocycles. The van der Waals surface area contributed by atoms with Gasteiger partial charge in [0.2, 0.25) is 8.32 Å². The second-order valence-electron chi connectivity index (χ2n) is 3.85. The van der Waals surface area contributed by atoms with Gasteiger partial charge < -0.3 is 4.53 Å². The second kappa shape index (κ2) is 3.52. The number of rotatable bonds is 2. The fraction of sp³-hybridized carbons (Fsp3) is 0.750. The van der Waals surface area contributed by atoms with E-state index < -0.39 is 8.32 Å². The molecule has 0 spiro atoms. The van der Waals surface area contributed by atoms with Crippen LogP contribution in [0.2, 0.25) is 19.6 Å². The summed E-state index contributed by atoms with van der Waals surface area (Å²) in [5, 5.41) is 2.08. The summed E-state index contributed by atoms with van der Waals surface area (Å²) in [6, 6.07) is 0. The van der Waals surface area contributed by atoms with Crippen LogP contribution in [0.1, 0.15) is 6.42 Å². The lowest BCUT2D eigenvalue weighted by molar-refractivity contribution is -0.0587. The first-order valence-electron chi connectivity index (χ1n) is 4.17. The Morgan fingerprint density at radius 1 is 1.27 bits per heavy atom. The van der Waals surface area contributed by atoms with Crippen LogP contribution in [0.25, 0.3) is 0 Å². The van der Waals surface area contributed by atoms with E-state index in [2.05, 4.69) is 36.9 Å². The third-order valence-electron chi connectivity index (χ3n) is 1.42. The number of hydroxylamine groups is 2. The molecule has 0 aliphatic carbocycles. The summed E-state index contributed by atoms with van der Waals surface area (Å²) in [5.41, 5.74) is 0. The number of nitrogens with zero attached hydrogens (tertiary/aromatic N) is 1. The highest BCUT2D eigenvalue weighted by Gasteiger charge is 2.19. The topological polar surface area (TPSA) is 12.5 Å². The zero-order valence-corrected chi connectivity index (χ0v) is 8.63. The van der Waals surface area contributed by atoms with E-state index in [4.69, 9.17) is 4.53 Å². The fourth-order valence-corrected chi connectivity index (χ4v) is 2.03. The zero-order valence-electron chi connectivity index (χ0n) is 7.63. The van der Waals surface area contributed by atoms with Crippen molar-refractivity contribution < 1.29 is 4.53 Å². The van der Waals surface area contributed by atoms with Gasteiger partial charge in [0, 0.05) is 13.1 Å². The Morgan fingerprint density at radius 2 is 2.00 bits per heavy atom. The van der Waals surface area contributed by atoms with Crippen molar-refractivity contribution in [3.8, 4) is 0 Å². The molecule has 11 heavy (non-hydrogen) atoms. The Bertz CT molecular complexity index is 151. The van der Waals surface area contributed by atoms with Crippen LogP contribution in [0, 0.1) is 0 Å². The highest BCUT2D eigenvalue weighted by atomic mass is 28.4. The van der Waals surface area contributed by atoms with E-state index in [0.717, 1.165) is 19.5 Å². The first-order chi connectivity index (χ1) is 5.08. The standard InChI is InChI=1S/C8H17NOSi/c1-11(2,3)10-9-7-5-4-6-8-9/h4-5H,6-8H2,1-3H3.